The van der Waals surface area contributed by atoms with Crippen molar-refractivity contribution in [3.8, 4) is 40.1 Å². The number of rotatable bonds is 4. The SMILES string of the molecule is c1ccc(-c2nc(N3c4ccccc4Oc4ccccc43)n(-c3ccc(N4c5ccccc5Oc5ccccc54)cc3)n2)cc1. The van der Waals surface area contributed by atoms with E-state index in [9.17, 15) is 0 Å². The average Bonchev–Trinajstić information content (AvgIpc) is 3.55. The second-order valence-corrected chi connectivity index (χ2v) is 10.8. The molecule has 45 heavy (non-hydrogen) atoms. The molecule has 2 aliphatic rings. The van der Waals surface area contributed by atoms with Gasteiger partial charge in [0.15, 0.2) is 28.8 Å². The molecular weight excluding hydrogens is 558 g/mol. The zero-order valence-electron chi connectivity index (χ0n) is 24.0. The molecule has 0 aliphatic carbocycles. The van der Waals surface area contributed by atoms with Crippen molar-refractivity contribution in [3.05, 3.63) is 152 Å². The number of fused-ring (bicyclic) bond motifs is 4. The molecule has 0 radical (unpaired) electrons. The fourth-order valence-electron chi connectivity index (χ4n) is 5.98. The van der Waals surface area contributed by atoms with Crippen LogP contribution in [0.5, 0.6) is 23.0 Å². The normalized spacial score (nSPS) is 12.7. The highest BCUT2D eigenvalue weighted by Gasteiger charge is 2.31. The Hall–Kier alpha value is -6.34. The standard InChI is InChI=1S/C38H25N5O2/c1-2-12-26(13-3-1)37-39-38(42-31-16-6-10-20-35(31)45-36-21-11-7-17-32(36)42)43(40-37)28-24-22-27(23-25-28)41-29-14-4-8-18-33(29)44-34-19-9-5-15-30(34)41/h1-25H. The molecule has 0 N–H and O–H groups in total. The van der Waals surface area contributed by atoms with Crippen LogP contribution < -0.4 is 19.3 Å². The van der Waals surface area contributed by atoms with Crippen LogP contribution in [0.4, 0.5) is 34.4 Å². The summed E-state index contributed by atoms with van der Waals surface area (Å²) in [5.41, 5.74) is 6.57. The molecule has 3 heterocycles. The van der Waals surface area contributed by atoms with Crippen LogP contribution in [0.3, 0.4) is 0 Å². The highest BCUT2D eigenvalue weighted by molar-refractivity contribution is 5.87. The lowest BCUT2D eigenvalue weighted by Gasteiger charge is -2.33. The first-order valence-corrected chi connectivity index (χ1v) is 14.8. The number of para-hydroxylation sites is 8. The highest BCUT2D eigenvalue weighted by Crippen LogP contribution is 2.51. The molecule has 0 amide bonds. The van der Waals surface area contributed by atoms with E-state index in [-0.39, 0.29) is 0 Å². The third-order valence-corrected chi connectivity index (χ3v) is 8.04. The van der Waals surface area contributed by atoms with Crippen molar-refractivity contribution in [1.82, 2.24) is 14.8 Å². The van der Waals surface area contributed by atoms with Crippen molar-refractivity contribution in [3.63, 3.8) is 0 Å². The van der Waals surface area contributed by atoms with Crippen LogP contribution in [0.15, 0.2) is 152 Å². The summed E-state index contributed by atoms with van der Waals surface area (Å²) in [7, 11) is 0. The van der Waals surface area contributed by atoms with Crippen LogP contribution in [-0.4, -0.2) is 14.8 Å². The molecule has 7 nitrogen and oxygen atoms in total. The molecule has 0 fully saturated rings. The largest absolute Gasteiger partial charge is 0.453 e. The predicted molar refractivity (Wildman–Crippen MR) is 176 cm³/mol. The second kappa shape index (κ2) is 10.1. The fourth-order valence-corrected chi connectivity index (χ4v) is 5.98. The molecule has 214 valence electrons. The van der Waals surface area contributed by atoms with Crippen LogP contribution in [-0.2, 0) is 0 Å². The maximum absolute atomic E-state index is 6.29. The van der Waals surface area contributed by atoms with E-state index in [1.807, 2.05) is 120 Å². The third-order valence-electron chi connectivity index (χ3n) is 8.04. The van der Waals surface area contributed by atoms with E-state index >= 15 is 0 Å². The summed E-state index contributed by atoms with van der Waals surface area (Å²) in [6.45, 7) is 0. The van der Waals surface area contributed by atoms with E-state index in [0.29, 0.717) is 11.8 Å². The molecule has 9 rings (SSSR count). The number of hydrogen-bond donors (Lipinski definition) is 0. The van der Waals surface area contributed by atoms with E-state index in [4.69, 9.17) is 19.6 Å². The van der Waals surface area contributed by atoms with E-state index < -0.39 is 0 Å². The molecule has 7 heteroatoms. The summed E-state index contributed by atoms with van der Waals surface area (Å²) in [6.07, 6.45) is 0. The summed E-state index contributed by atoms with van der Waals surface area (Å²) in [4.78, 5) is 9.49. The Morgan fingerprint density at radius 3 is 1.33 bits per heavy atom. The number of aromatic nitrogens is 3. The number of hydrogen-bond acceptors (Lipinski definition) is 6. The zero-order valence-corrected chi connectivity index (χ0v) is 24.0. The predicted octanol–water partition coefficient (Wildman–Crippen LogP) is 10.1. The number of nitrogens with zero attached hydrogens (tertiary/aromatic N) is 5. The second-order valence-electron chi connectivity index (χ2n) is 10.8. The van der Waals surface area contributed by atoms with Crippen LogP contribution >= 0.6 is 0 Å². The van der Waals surface area contributed by atoms with Crippen molar-refractivity contribution in [2.45, 2.75) is 0 Å². The molecule has 0 spiro atoms. The molecule has 6 aromatic carbocycles. The van der Waals surface area contributed by atoms with Gasteiger partial charge in [-0.1, -0.05) is 78.9 Å². The van der Waals surface area contributed by atoms with Gasteiger partial charge in [-0.3, -0.25) is 4.90 Å². The quantitative estimate of drug-likeness (QED) is 0.205. The Kier molecular flexibility index (Phi) is 5.67. The van der Waals surface area contributed by atoms with Gasteiger partial charge in [0.25, 0.3) is 0 Å². The minimum Gasteiger partial charge on any atom is -0.453 e. The molecule has 0 unspecified atom stereocenters. The lowest BCUT2D eigenvalue weighted by molar-refractivity contribution is 0.476. The monoisotopic (exact) mass is 583 g/mol. The average molecular weight is 584 g/mol. The lowest BCUT2D eigenvalue weighted by atomic mass is 10.1. The lowest BCUT2D eigenvalue weighted by Crippen LogP contribution is -2.19. The Morgan fingerprint density at radius 1 is 0.400 bits per heavy atom. The van der Waals surface area contributed by atoms with Crippen LogP contribution in [0.25, 0.3) is 17.1 Å². The highest BCUT2D eigenvalue weighted by atomic mass is 16.5. The number of ether oxygens (including phenoxy) is 2. The first kappa shape index (κ1) is 25.2. The first-order chi connectivity index (χ1) is 22.3. The molecule has 0 atom stereocenters. The number of anilines is 6. The van der Waals surface area contributed by atoms with Gasteiger partial charge in [0.1, 0.15) is 0 Å². The molecule has 2 aliphatic heterocycles. The maximum Gasteiger partial charge on any atom is 0.238 e. The summed E-state index contributed by atoms with van der Waals surface area (Å²) in [6, 6.07) is 50.7. The Bertz CT molecular complexity index is 2100. The van der Waals surface area contributed by atoms with Gasteiger partial charge in [0.05, 0.1) is 28.4 Å². The third kappa shape index (κ3) is 4.13. The van der Waals surface area contributed by atoms with E-state index in [1.54, 1.807) is 0 Å². The minimum absolute atomic E-state index is 0.632. The van der Waals surface area contributed by atoms with Gasteiger partial charge in [-0.15, -0.1) is 5.10 Å². The summed E-state index contributed by atoms with van der Waals surface area (Å²) < 4.78 is 14.4. The van der Waals surface area contributed by atoms with E-state index in [1.165, 1.54) is 0 Å². The van der Waals surface area contributed by atoms with Crippen molar-refractivity contribution in [1.29, 1.82) is 0 Å². The number of benzene rings is 6. The van der Waals surface area contributed by atoms with Gasteiger partial charge in [-0.25, -0.2) is 0 Å². The summed E-state index contributed by atoms with van der Waals surface area (Å²) in [5, 5.41) is 5.08. The molecule has 0 saturated carbocycles. The van der Waals surface area contributed by atoms with Crippen LogP contribution in [0, 0.1) is 0 Å². The Balaban J connectivity index is 1.20. The maximum atomic E-state index is 6.29. The summed E-state index contributed by atoms with van der Waals surface area (Å²) >= 11 is 0. The first-order valence-electron chi connectivity index (χ1n) is 14.8. The van der Waals surface area contributed by atoms with Crippen molar-refractivity contribution in [2.24, 2.45) is 0 Å². The van der Waals surface area contributed by atoms with Gasteiger partial charge in [-0.05, 0) is 72.8 Å². The molecule has 0 bridgehead atoms. The molecule has 7 aromatic rings. The van der Waals surface area contributed by atoms with Crippen molar-refractivity contribution in [2.75, 3.05) is 9.80 Å². The van der Waals surface area contributed by atoms with Gasteiger partial charge >= 0.3 is 0 Å². The van der Waals surface area contributed by atoms with Gasteiger partial charge < -0.3 is 14.4 Å². The zero-order chi connectivity index (χ0) is 29.7. The molecule has 1 aromatic heterocycles. The Labute approximate surface area is 259 Å². The van der Waals surface area contributed by atoms with E-state index in [0.717, 1.165) is 62.7 Å². The molecular formula is C38H25N5O2. The van der Waals surface area contributed by atoms with Gasteiger partial charge in [-0.2, -0.15) is 9.67 Å². The fraction of sp³-hybridized carbons (Fsp3) is 0. The van der Waals surface area contributed by atoms with Gasteiger partial charge in [0, 0.05) is 11.3 Å². The van der Waals surface area contributed by atoms with Crippen molar-refractivity contribution >= 4 is 34.4 Å². The van der Waals surface area contributed by atoms with Gasteiger partial charge in [0.2, 0.25) is 5.95 Å². The van der Waals surface area contributed by atoms with Crippen LogP contribution in [0.1, 0.15) is 0 Å². The topological polar surface area (TPSA) is 55.7 Å². The van der Waals surface area contributed by atoms with Crippen molar-refractivity contribution < 1.29 is 9.47 Å². The smallest absolute Gasteiger partial charge is 0.238 e. The summed E-state index contributed by atoms with van der Waals surface area (Å²) in [5.74, 6) is 4.44. The molecule has 0 saturated heterocycles. The van der Waals surface area contributed by atoms with E-state index in [2.05, 4.69) is 46.2 Å². The van der Waals surface area contributed by atoms with Crippen LogP contribution in [0.2, 0.25) is 0 Å². The Morgan fingerprint density at radius 2 is 0.822 bits per heavy atom. The minimum atomic E-state index is 0.632.